The Bertz CT molecular complexity index is 652. The second-order valence-electron chi connectivity index (χ2n) is 3.49. The van der Waals surface area contributed by atoms with Gasteiger partial charge >= 0.3 is 0 Å². The van der Waals surface area contributed by atoms with E-state index >= 15 is 0 Å². The van der Waals surface area contributed by atoms with Gasteiger partial charge in [-0.1, -0.05) is 12.1 Å². The summed E-state index contributed by atoms with van der Waals surface area (Å²) in [6, 6.07) is 4.89. The van der Waals surface area contributed by atoms with Crippen LogP contribution >= 0.6 is 10.7 Å². The maximum absolute atomic E-state index is 12.0. The summed E-state index contributed by atoms with van der Waals surface area (Å²) in [4.78, 5) is -0.384. The van der Waals surface area contributed by atoms with E-state index in [4.69, 9.17) is 10.7 Å². The van der Waals surface area contributed by atoms with Crippen LogP contribution in [-0.2, 0) is 19.1 Å². The van der Waals surface area contributed by atoms with Crippen LogP contribution in [0.4, 0.5) is 0 Å². The molecule has 8 heteroatoms. The van der Waals surface area contributed by atoms with Crippen molar-refractivity contribution < 1.29 is 16.8 Å². The molecule has 0 saturated heterocycles. The van der Waals surface area contributed by atoms with E-state index in [2.05, 4.69) is 6.58 Å². The molecule has 1 aromatic rings. The Kier molecular flexibility index (Phi) is 4.55. The molecule has 0 radical (unpaired) electrons. The quantitative estimate of drug-likeness (QED) is 0.609. The molecule has 5 nitrogen and oxygen atoms in total. The minimum Gasteiger partial charge on any atom is -0.207 e. The number of nitrogens with zero attached hydrogens (tertiary/aromatic N) is 1. The summed E-state index contributed by atoms with van der Waals surface area (Å²) in [6.07, 6.45) is 1.43. The van der Waals surface area contributed by atoms with E-state index in [1.165, 1.54) is 31.3 Å². The third-order valence-corrected chi connectivity index (χ3v) is 5.35. The highest BCUT2D eigenvalue weighted by Crippen LogP contribution is 2.21. The number of hydrogen-bond donors (Lipinski definition) is 0. The molecule has 0 N–H and O–H groups in total. The van der Waals surface area contributed by atoms with Crippen LogP contribution in [0.3, 0.4) is 0 Å². The molecule has 0 aromatic heterocycles. The Morgan fingerprint density at radius 1 is 1.28 bits per heavy atom. The minimum atomic E-state index is -3.95. The lowest BCUT2D eigenvalue weighted by Gasteiger charge is -2.15. The molecule has 0 bridgehead atoms. The molecular weight excluding hydrogens is 298 g/mol. The summed E-state index contributed by atoms with van der Waals surface area (Å²) in [5, 5.41) is 0. The van der Waals surface area contributed by atoms with Crippen LogP contribution in [0.2, 0.25) is 0 Å². The average Bonchev–Trinajstić information content (AvgIpc) is 2.28. The van der Waals surface area contributed by atoms with Crippen LogP contribution in [0.1, 0.15) is 0 Å². The summed E-state index contributed by atoms with van der Waals surface area (Å²) in [5.74, 6) is 0. The van der Waals surface area contributed by atoms with E-state index < -0.39 is 19.1 Å². The Morgan fingerprint density at radius 2 is 1.83 bits per heavy atom. The molecule has 100 valence electrons. The lowest BCUT2D eigenvalue weighted by Crippen LogP contribution is -2.27. The number of sulfonamides is 1. The summed E-state index contributed by atoms with van der Waals surface area (Å²) in [7, 11) is -1.16. The zero-order chi connectivity index (χ0) is 14.0. The highest BCUT2D eigenvalue weighted by Gasteiger charge is 2.21. The minimum absolute atomic E-state index is 0.125. The monoisotopic (exact) mass is 309 g/mol. The molecule has 18 heavy (non-hydrogen) atoms. The molecule has 0 atom stereocenters. The van der Waals surface area contributed by atoms with Gasteiger partial charge in [0.15, 0.2) is 0 Å². The van der Waals surface area contributed by atoms with Crippen LogP contribution in [0.5, 0.6) is 0 Å². The van der Waals surface area contributed by atoms with Gasteiger partial charge in [0.2, 0.25) is 10.0 Å². The first-order valence-electron chi connectivity index (χ1n) is 4.81. The molecule has 1 aromatic carbocycles. The molecule has 0 fully saturated rings. The van der Waals surface area contributed by atoms with Crippen LogP contribution in [0.25, 0.3) is 0 Å². The topological polar surface area (TPSA) is 71.5 Å². The van der Waals surface area contributed by atoms with Gasteiger partial charge in [0.05, 0.1) is 9.79 Å². The van der Waals surface area contributed by atoms with Gasteiger partial charge in [0.25, 0.3) is 9.05 Å². The second kappa shape index (κ2) is 5.40. The molecular formula is C10H12ClNO4S2. The van der Waals surface area contributed by atoms with E-state index in [-0.39, 0.29) is 16.3 Å². The molecule has 0 unspecified atom stereocenters. The molecule has 0 aliphatic carbocycles. The fourth-order valence-electron chi connectivity index (χ4n) is 1.25. The lowest BCUT2D eigenvalue weighted by molar-refractivity contribution is 0.499. The Morgan fingerprint density at radius 3 is 2.33 bits per heavy atom. The predicted octanol–water partition coefficient (Wildman–Crippen LogP) is 1.42. The first kappa shape index (κ1) is 15.2. The van der Waals surface area contributed by atoms with Gasteiger partial charge in [-0.05, 0) is 18.2 Å². The van der Waals surface area contributed by atoms with E-state index in [1.54, 1.807) is 0 Å². The Balaban J connectivity index is 3.31. The van der Waals surface area contributed by atoms with Crippen molar-refractivity contribution in [2.24, 2.45) is 0 Å². The lowest BCUT2D eigenvalue weighted by atomic mass is 10.4. The van der Waals surface area contributed by atoms with E-state index in [0.717, 1.165) is 10.4 Å². The van der Waals surface area contributed by atoms with E-state index in [9.17, 15) is 16.8 Å². The van der Waals surface area contributed by atoms with Crippen molar-refractivity contribution in [1.29, 1.82) is 0 Å². The number of benzene rings is 1. The van der Waals surface area contributed by atoms with Gasteiger partial charge in [-0.2, -0.15) is 4.31 Å². The number of likely N-dealkylation sites (N-methyl/N-ethyl adjacent to an activating group) is 1. The number of hydrogen-bond acceptors (Lipinski definition) is 4. The fourth-order valence-corrected chi connectivity index (χ4v) is 3.31. The largest absolute Gasteiger partial charge is 0.261 e. The Labute approximate surface area is 111 Å². The SMILES string of the molecule is C=CCN(C)S(=O)(=O)c1cccc(S(=O)(=O)Cl)c1. The zero-order valence-corrected chi connectivity index (χ0v) is 12.0. The molecule has 0 aliphatic heterocycles. The maximum atomic E-state index is 12.0. The third kappa shape index (κ3) is 3.32. The summed E-state index contributed by atoms with van der Waals surface area (Å²) in [5.41, 5.74) is 0. The molecule has 0 spiro atoms. The maximum Gasteiger partial charge on any atom is 0.261 e. The summed E-state index contributed by atoms with van der Waals surface area (Å²) >= 11 is 0. The van der Waals surface area contributed by atoms with Gasteiger partial charge in [-0.25, -0.2) is 16.8 Å². The normalized spacial score (nSPS) is 12.6. The van der Waals surface area contributed by atoms with Crippen molar-refractivity contribution in [3.63, 3.8) is 0 Å². The smallest absolute Gasteiger partial charge is 0.207 e. The van der Waals surface area contributed by atoms with Gasteiger partial charge in [-0.15, -0.1) is 6.58 Å². The highest BCUT2D eigenvalue weighted by atomic mass is 35.7. The van der Waals surface area contributed by atoms with E-state index in [1.807, 2.05) is 0 Å². The van der Waals surface area contributed by atoms with Crippen molar-refractivity contribution in [2.75, 3.05) is 13.6 Å². The van der Waals surface area contributed by atoms with Crippen LogP contribution in [-0.4, -0.2) is 34.7 Å². The molecule has 0 heterocycles. The standard InChI is InChI=1S/C10H12ClNO4S2/c1-3-7-12(2)18(15,16)10-6-4-5-9(8-10)17(11,13)14/h3-6,8H,1,7H2,2H3. The fraction of sp³-hybridized carbons (Fsp3) is 0.200. The number of halogens is 1. The number of rotatable bonds is 5. The first-order chi connectivity index (χ1) is 8.19. The summed E-state index contributed by atoms with van der Waals surface area (Å²) in [6.45, 7) is 3.57. The van der Waals surface area contributed by atoms with Gasteiger partial charge in [0, 0.05) is 24.3 Å². The third-order valence-electron chi connectivity index (χ3n) is 2.18. The van der Waals surface area contributed by atoms with Crippen LogP contribution < -0.4 is 0 Å². The molecule has 1 rings (SSSR count). The Hall–Kier alpha value is -0.890. The molecule has 0 saturated carbocycles. The summed E-state index contributed by atoms with van der Waals surface area (Å²) < 4.78 is 47.4. The average molecular weight is 310 g/mol. The predicted molar refractivity (Wildman–Crippen MR) is 69.5 cm³/mol. The van der Waals surface area contributed by atoms with Crippen LogP contribution in [0, 0.1) is 0 Å². The van der Waals surface area contributed by atoms with Gasteiger partial charge < -0.3 is 0 Å². The van der Waals surface area contributed by atoms with E-state index in [0.29, 0.717) is 0 Å². The highest BCUT2D eigenvalue weighted by molar-refractivity contribution is 8.13. The zero-order valence-electron chi connectivity index (χ0n) is 9.58. The van der Waals surface area contributed by atoms with Crippen molar-refractivity contribution in [3.05, 3.63) is 36.9 Å². The molecule has 0 aliphatic rings. The van der Waals surface area contributed by atoms with Crippen molar-refractivity contribution in [3.8, 4) is 0 Å². The molecule has 0 amide bonds. The van der Waals surface area contributed by atoms with Crippen molar-refractivity contribution in [1.82, 2.24) is 4.31 Å². The van der Waals surface area contributed by atoms with Gasteiger partial charge in [0.1, 0.15) is 0 Å². The van der Waals surface area contributed by atoms with Crippen molar-refractivity contribution in [2.45, 2.75) is 9.79 Å². The first-order valence-corrected chi connectivity index (χ1v) is 8.56. The van der Waals surface area contributed by atoms with Crippen molar-refractivity contribution >= 4 is 29.8 Å². The van der Waals surface area contributed by atoms with Gasteiger partial charge in [-0.3, -0.25) is 0 Å². The van der Waals surface area contributed by atoms with Crippen LogP contribution in [0.15, 0.2) is 46.7 Å². The second-order valence-corrected chi connectivity index (χ2v) is 8.10.